The maximum absolute atomic E-state index is 6.36. The molecule has 0 saturated carbocycles. The number of halogens is 1. The Kier molecular flexibility index (Phi) is 5.96. The fourth-order valence-corrected chi connectivity index (χ4v) is 5.08. The van der Waals surface area contributed by atoms with Gasteiger partial charge in [0.25, 0.3) is 0 Å². The number of hydrogen-bond donors (Lipinski definition) is 0. The maximum atomic E-state index is 6.36. The normalized spacial score (nSPS) is 11.4. The Hall–Kier alpha value is -3.09. The van der Waals surface area contributed by atoms with Gasteiger partial charge >= 0.3 is 0 Å². The Bertz CT molecular complexity index is 1460. The van der Waals surface area contributed by atoms with Gasteiger partial charge in [0, 0.05) is 11.9 Å². The third-order valence-electron chi connectivity index (χ3n) is 5.68. The van der Waals surface area contributed by atoms with Gasteiger partial charge in [-0.2, -0.15) is 0 Å². The van der Waals surface area contributed by atoms with Crippen LogP contribution >= 0.6 is 23.4 Å². The minimum absolute atomic E-state index is 0.528. The molecule has 0 spiro atoms. The van der Waals surface area contributed by atoms with Crippen molar-refractivity contribution in [2.75, 3.05) is 0 Å². The molecule has 5 aromatic rings. The van der Waals surface area contributed by atoms with Gasteiger partial charge in [-0.25, -0.2) is 9.97 Å². The molecular formula is C26H23ClN4OS. The number of fused-ring (bicyclic) bond motifs is 1. The monoisotopic (exact) mass is 474 g/mol. The number of nitrogens with zero attached hydrogens (tertiary/aromatic N) is 4. The van der Waals surface area contributed by atoms with Gasteiger partial charge in [0.05, 0.1) is 34.4 Å². The van der Waals surface area contributed by atoms with E-state index in [2.05, 4.69) is 41.6 Å². The highest BCUT2D eigenvalue weighted by atomic mass is 35.5. The smallest absolute Gasteiger partial charge is 0.228 e. The molecule has 0 N–H and O–H groups in total. The lowest BCUT2D eigenvalue weighted by molar-refractivity contribution is 0.537. The van der Waals surface area contributed by atoms with Crippen LogP contribution in [0.15, 0.2) is 70.5 Å². The molecule has 0 atom stereocenters. The van der Waals surface area contributed by atoms with Gasteiger partial charge < -0.3 is 8.98 Å². The summed E-state index contributed by atoms with van der Waals surface area (Å²) >= 11 is 8.09. The first-order valence-corrected chi connectivity index (χ1v) is 12.1. The molecule has 0 bridgehead atoms. The second kappa shape index (κ2) is 9.04. The quantitative estimate of drug-likeness (QED) is 0.248. The molecular weight excluding hydrogens is 452 g/mol. The van der Waals surface area contributed by atoms with E-state index in [0.717, 1.165) is 39.0 Å². The zero-order chi connectivity index (χ0) is 22.9. The zero-order valence-corrected chi connectivity index (χ0v) is 20.2. The van der Waals surface area contributed by atoms with E-state index >= 15 is 0 Å². The van der Waals surface area contributed by atoms with Crippen LogP contribution in [0.1, 0.15) is 28.1 Å². The lowest BCUT2D eigenvalue weighted by atomic mass is 10.1. The van der Waals surface area contributed by atoms with Gasteiger partial charge in [-0.3, -0.25) is 4.98 Å². The zero-order valence-electron chi connectivity index (χ0n) is 18.7. The van der Waals surface area contributed by atoms with E-state index in [-0.39, 0.29) is 0 Å². The van der Waals surface area contributed by atoms with Gasteiger partial charge in [-0.1, -0.05) is 59.3 Å². The summed E-state index contributed by atoms with van der Waals surface area (Å²) in [6, 6.07) is 16.1. The van der Waals surface area contributed by atoms with Crippen molar-refractivity contribution in [3.05, 3.63) is 94.1 Å². The number of aromatic nitrogens is 4. The molecule has 0 aliphatic heterocycles. The van der Waals surface area contributed by atoms with Crippen molar-refractivity contribution in [2.45, 2.75) is 38.2 Å². The number of imidazole rings is 1. The summed E-state index contributed by atoms with van der Waals surface area (Å²) in [6.45, 7) is 6.75. The second-order valence-electron chi connectivity index (χ2n) is 8.07. The minimum Gasteiger partial charge on any atom is -0.441 e. The first kappa shape index (κ1) is 21.7. The number of aryl methyl sites for hydroxylation is 3. The van der Waals surface area contributed by atoms with Crippen molar-refractivity contribution in [3.8, 4) is 11.5 Å². The molecule has 0 amide bonds. The molecule has 7 heteroatoms. The standard InChI is InChI=1S/C26H23ClN4OS/c1-16-8-9-17(2)19(12-16)15-33-26-30-22-10-11-28-13-24(22)31(26)14-23-18(3)32-25(29-23)20-6-4-5-7-21(20)27/h4-13H,14-15H2,1-3H3. The van der Waals surface area contributed by atoms with Crippen LogP contribution in [0, 0.1) is 20.8 Å². The van der Waals surface area contributed by atoms with Gasteiger partial charge in [0.2, 0.25) is 5.89 Å². The number of hydrogen-bond acceptors (Lipinski definition) is 5. The number of benzene rings is 2. The molecule has 0 aliphatic carbocycles. The van der Waals surface area contributed by atoms with E-state index in [1.54, 1.807) is 18.0 Å². The lowest BCUT2D eigenvalue weighted by Gasteiger charge is -2.09. The van der Waals surface area contributed by atoms with Gasteiger partial charge in [-0.15, -0.1) is 0 Å². The van der Waals surface area contributed by atoms with Crippen LogP contribution in [0.5, 0.6) is 0 Å². The predicted octanol–water partition coefficient (Wildman–Crippen LogP) is 7.01. The number of thioether (sulfide) groups is 1. The average Bonchev–Trinajstić information content (AvgIpc) is 3.35. The molecule has 166 valence electrons. The summed E-state index contributed by atoms with van der Waals surface area (Å²) in [5, 5.41) is 1.55. The van der Waals surface area contributed by atoms with Crippen molar-refractivity contribution in [1.82, 2.24) is 19.5 Å². The topological polar surface area (TPSA) is 56.7 Å². The molecule has 0 saturated heterocycles. The molecule has 0 aliphatic rings. The fraction of sp³-hybridized carbons (Fsp3) is 0.192. The summed E-state index contributed by atoms with van der Waals surface area (Å²) in [5.74, 6) is 2.13. The Balaban J connectivity index is 1.49. The van der Waals surface area contributed by atoms with Crippen molar-refractivity contribution < 1.29 is 4.42 Å². The second-order valence-corrected chi connectivity index (χ2v) is 9.41. The third-order valence-corrected chi connectivity index (χ3v) is 7.04. The summed E-state index contributed by atoms with van der Waals surface area (Å²) < 4.78 is 8.15. The summed E-state index contributed by atoms with van der Waals surface area (Å²) in [5.41, 5.74) is 7.39. The SMILES string of the molecule is Cc1ccc(C)c(CSc2nc3ccncc3n2Cc2nc(-c3ccccc3Cl)oc2C)c1. The van der Waals surface area contributed by atoms with Gasteiger partial charge in [0.15, 0.2) is 5.16 Å². The largest absolute Gasteiger partial charge is 0.441 e. The Morgan fingerprint density at radius 1 is 1.03 bits per heavy atom. The Morgan fingerprint density at radius 2 is 1.88 bits per heavy atom. The highest BCUT2D eigenvalue weighted by molar-refractivity contribution is 7.98. The lowest BCUT2D eigenvalue weighted by Crippen LogP contribution is -2.04. The molecule has 0 fully saturated rings. The van der Waals surface area contributed by atoms with Crippen molar-refractivity contribution in [2.24, 2.45) is 0 Å². The van der Waals surface area contributed by atoms with E-state index in [9.17, 15) is 0 Å². The predicted molar refractivity (Wildman–Crippen MR) is 134 cm³/mol. The fourth-order valence-electron chi connectivity index (χ4n) is 3.78. The molecule has 0 radical (unpaired) electrons. The molecule has 0 unspecified atom stereocenters. The molecule has 5 rings (SSSR count). The highest BCUT2D eigenvalue weighted by Crippen LogP contribution is 2.31. The molecule has 2 aromatic carbocycles. The number of oxazole rings is 1. The summed E-state index contributed by atoms with van der Waals surface area (Å²) in [4.78, 5) is 14.0. The molecule has 3 aromatic heterocycles. The van der Waals surface area contributed by atoms with Crippen LogP contribution in [0.3, 0.4) is 0 Å². The van der Waals surface area contributed by atoms with Crippen LogP contribution in [-0.4, -0.2) is 19.5 Å². The van der Waals surface area contributed by atoms with E-state index < -0.39 is 0 Å². The van der Waals surface area contributed by atoms with Crippen molar-refractivity contribution >= 4 is 34.4 Å². The minimum atomic E-state index is 0.528. The number of rotatable bonds is 6. The van der Waals surface area contributed by atoms with Crippen LogP contribution in [0.4, 0.5) is 0 Å². The van der Waals surface area contributed by atoms with Crippen molar-refractivity contribution in [1.29, 1.82) is 0 Å². The van der Waals surface area contributed by atoms with Gasteiger partial charge in [0.1, 0.15) is 11.5 Å². The van der Waals surface area contributed by atoms with Crippen LogP contribution < -0.4 is 0 Å². The van der Waals surface area contributed by atoms with Gasteiger partial charge in [-0.05, 0) is 50.1 Å². The van der Waals surface area contributed by atoms with Crippen LogP contribution in [-0.2, 0) is 12.3 Å². The summed E-state index contributed by atoms with van der Waals surface area (Å²) in [7, 11) is 0. The van der Waals surface area contributed by atoms with E-state index in [4.69, 9.17) is 26.0 Å². The Morgan fingerprint density at radius 3 is 2.73 bits per heavy atom. The third kappa shape index (κ3) is 4.41. The van der Waals surface area contributed by atoms with E-state index in [0.29, 0.717) is 17.5 Å². The molecule has 5 nitrogen and oxygen atoms in total. The first-order chi connectivity index (χ1) is 16.0. The Labute approximate surface area is 201 Å². The summed E-state index contributed by atoms with van der Waals surface area (Å²) in [6.07, 6.45) is 3.63. The maximum Gasteiger partial charge on any atom is 0.228 e. The number of pyridine rings is 1. The average molecular weight is 475 g/mol. The first-order valence-electron chi connectivity index (χ1n) is 10.7. The van der Waals surface area contributed by atoms with Crippen LogP contribution in [0.25, 0.3) is 22.5 Å². The molecule has 3 heterocycles. The van der Waals surface area contributed by atoms with Crippen molar-refractivity contribution in [3.63, 3.8) is 0 Å². The van der Waals surface area contributed by atoms with Crippen LogP contribution in [0.2, 0.25) is 5.02 Å². The van der Waals surface area contributed by atoms with E-state index in [1.165, 1.54) is 16.7 Å². The molecule has 33 heavy (non-hydrogen) atoms. The highest BCUT2D eigenvalue weighted by Gasteiger charge is 2.18. The van der Waals surface area contributed by atoms with E-state index in [1.807, 2.05) is 43.5 Å².